The van der Waals surface area contributed by atoms with Crippen molar-refractivity contribution in [3.05, 3.63) is 12.2 Å². The van der Waals surface area contributed by atoms with Crippen molar-refractivity contribution in [1.29, 1.82) is 0 Å². The van der Waals surface area contributed by atoms with Gasteiger partial charge in [-0.3, -0.25) is 4.79 Å². The first-order valence-corrected chi connectivity index (χ1v) is 3.76. The van der Waals surface area contributed by atoms with E-state index in [1.54, 1.807) is 0 Å². The maximum atomic E-state index is 11.3. The van der Waals surface area contributed by atoms with Crippen molar-refractivity contribution in [2.75, 3.05) is 0 Å². The molecule has 1 heteroatoms. The molecule has 0 spiro atoms. The van der Waals surface area contributed by atoms with Gasteiger partial charge in [0.25, 0.3) is 0 Å². The van der Waals surface area contributed by atoms with E-state index >= 15 is 0 Å². The molecule has 0 bridgehead atoms. The van der Waals surface area contributed by atoms with Gasteiger partial charge in [-0.05, 0) is 26.7 Å². The van der Waals surface area contributed by atoms with Crippen molar-refractivity contribution in [1.82, 2.24) is 0 Å². The van der Waals surface area contributed by atoms with E-state index in [0.717, 1.165) is 24.8 Å². The standard InChI is InChI=1S/C9H14O/c1-7-5-4-6-8(10)9(7,2)3/h1,4-6H2,2-3H3. The maximum absolute atomic E-state index is 11.3. The average molecular weight is 138 g/mol. The van der Waals surface area contributed by atoms with Crippen molar-refractivity contribution in [3.8, 4) is 0 Å². The molecule has 0 unspecified atom stereocenters. The fourth-order valence-corrected chi connectivity index (χ4v) is 1.28. The van der Waals surface area contributed by atoms with Gasteiger partial charge in [0.1, 0.15) is 5.78 Å². The first-order valence-electron chi connectivity index (χ1n) is 3.76. The van der Waals surface area contributed by atoms with Crippen LogP contribution in [0.1, 0.15) is 33.1 Å². The van der Waals surface area contributed by atoms with Crippen LogP contribution in [0.25, 0.3) is 0 Å². The summed E-state index contributed by atoms with van der Waals surface area (Å²) >= 11 is 0. The lowest BCUT2D eigenvalue weighted by Crippen LogP contribution is -2.29. The van der Waals surface area contributed by atoms with Crippen molar-refractivity contribution in [2.24, 2.45) is 5.41 Å². The highest BCUT2D eigenvalue weighted by molar-refractivity contribution is 5.87. The molecular weight excluding hydrogens is 124 g/mol. The number of carbonyl (C=O) groups excluding carboxylic acids is 1. The predicted molar refractivity (Wildman–Crippen MR) is 41.8 cm³/mol. The summed E-state index contributed by atoms with van der Waals surface area (Å²) in [6.45, 7) is 7.83. The fourth-order valence-electron chi connectivity index (χ4n) is 1.28. The Hall–Kier alpha value is -0.590. The number of hydrogen-bond acceptors (Lipinski definition) is 1. The van der Waals surface area contributed by atoms with Crippen LogP contribution in [0.15, 0.2) is 12.2 Å². The minimum atomic E-state index is -0.238. The summed E-state index contributed by atoms with van der Waals surface area (Å²) in [7, 11) is 0. The molecule has 0 aliphatic heterocycles. The van der Waals surface area contributed by atoms with E-state index in [2.05, 4.69) is 6.58 Å². The minimum absolute atomic E-state index is 0.238. The zero-order valence-corrected chi connectivity index (χ0v) is 6.74. The van der Waals surface area contributed by atoms with Crippen LogP contribution >= 0.6 is 0 Å². The zero-order chi connectivity index (χ0) is 7.78. The van der Waals surface area contributed by atoms with Gasteiger partial charge in [-0.1, -0.05) is 12.2 Å². The summed E-state index contributed by atoms with van der Waals surface area (Å²) in [4.78, 5) is 11.3. The van der Waals surface area contributed by atoms with Gasteiger partial charge in [-0.2, -0.15) is 0 Å². The summed E-state index contributed by atoms with van der Waals surface area (Å²) in [6, 6.07) is 0. The molecule has 1 saturated carbocycles. The van der Waals surface area contributed by atoms with Crippen LogP contribution in [0, 0.1) is 5.41 Å². The SMILES string of the molecule is C=C1CCCC(=O)C1(C)C. The molecule has 0 amide bonds. The van der Waals surface area contributed by atoms with Gasteiger partial charge < -0.3 is 0 Å². The Labute approximate surface area is 62.1 Å². The van der Waals surface area contributed by atoms with Crippen molar-refractivity contribution >= 4 is 5.78 Å². The molecule has 56 valence electrons. The second-order valence-corrected chi connectivity index (χ2v) is 3.51. The fraction of sp³-hybridized carbons (Fsp3) is 0.667. The molecule has 0 aromatic heterocycles. The van der Waals surface area contributed by atoms with Gasteiger partial charge in [-0.25, -0.2) is 0 Å². The van der Waals surface area contributed by atoms with E-state index < -0.39 is 0 Å². The van der Waals surface area contributed by atoms with Crippen LogP contribution in [0.2, 0.25) is 0 Å². The van der Waals surface area contributed by atoms with Crippen LogP contribution in [0.5, 0.6) is 0 Å². The Kier molecular flexibility index (Phi) is 1.67. The lowest BCUT2D eigenvalue weighted by atomic mass is 9.73. The highest BCUT2D eigenvalue weighted by Crippen LogP contribution is 2.35. The van der Waals surface area contributed by atoms with Gasteiger partial charge in [0, 0.05) is 11.8 Å². The Morgan fingerprint density at radius 1 is 1.40 bits per heavy atom. The van der Waals surface area contributed by atoms with Crippen molar-refractivity contribution < 1.29 is 4.79 Å². The molecule has 1 nitrogen and oxygen atoms in total. The van der Waals surface area contributed by atoms with Crippen molar-refractivity contribution in [3.63, 3.8) is 0 Å². The summed E-state index contributed by atoms with van der Waals surface area (Å²) in [5.74, 6) is 0.351. The Morgan fingerprint density at radius 3 is 2.40 bits per heavy atom. The first-order chi connectivity index (χ1) is 4.55. The van der Waals surface area contributed by atoms with E-state index in [-0.39, 0.29) is 5.41 Å². The molecule has 10 heavy (non-hydrogen) atoms. The smallest absolute Gasteiger partial charge is 0.142 e. The predicted octanol–water partition coefficient (Wildman–Crippen LogP) is 2.32. The topological polar surface area (TPSA) is 17.1 Å². The lowest BCUT2D eigenvalue weighted by Gasteiger charge is -2.30. The molecule has 0 heterocycles. The molecule has 0 saturated heterocycles. The monoisotopic (exact) mass is 138 g/mol. The maximum Gasteiger partial charge on any atom is 0.142 e. The number of rotatable bonds is 0. The zero-order valence-electron chi connectivity index (χ0n) is 6.74. The third-order valence-corrected chi connectivity index (χ3v) is 2.46. The van der Waals surface area contributed by atoms with Crippen LogP contribution in [-0.2, 0) is 4.79 Å². The summed E-state index contributed by atoms with van der Waals surface area (Å²) < 4.78 is 0. The number of allylic oxidation sites excluding steroid dienone is 1. The molecule has 1 aliphatic rings. The molecule has 0 radical (unpaired) electrons. The van der Waals surface area contributed by atoms with E-state index in [1.165, 1.54) is 0 Å². The Morgan fingerprint density at radius 2 is 2.00 bits per heavy atom. The van der Waals surface area contributed by atoms with E-state index in [4.69, 9.17) is 0 Å². The lowest BCUT2D eigenvalue weighted by molar-refractivity contribution is -0.126. The second kappa shape index (κ2) is 2.22. The third-order valence-electron chi connectivity index (χ3n) is 2.46. The summed E-state index contributed by atoms with van der Waals surface area (Å²) in [5.41, 5.74) is 0.863. The van der Waals surface area contributed by atoms with Crippen LogP contribution in [-0.4, -0.2) is 5.78 Å². The van der Waals surface area contributed by atoms with Gasteiger partial charge in [-0.15, -0.1) is 0 Å². The van der Waals surface area contributed by atoms with E-state index in [9.17, 15) is 4.79 Å². The highest BCUT2D eigenvalue weighted by Gasteiger charge is 2.32. The van der Waals surface area contributed by atoms with Crippen LogP contribution < -0.4 is 0 Å². The third kappa shape index (κ3) is 1.00. The first kappa shape index (κ1) is 7.52. The number of carbonyl (C=O) groups is 1. The number of hydrogen-bond donors (Lipinski definition) is 0. The number of ketones is 1. The summed E-state index contributed by atoms with van der Waals surface area (Å²) in [5, 5.41) is 0. The van der Waals surface area contributed by atoms with Crippen LogP contribution in [0.3, 0.4) is 0 Å². The molecule has 0 aromatic rings. The molecule has 1 fully saturated rings. The molecule has 1 aliphatic carbocycles. The Balaban J connectivity index is 2.83. The average Bonchev–Trinajstić information content (AvgIpc) is 1.84. The van der Waals surface area contributed by atoms with Gasteiger partial charge in [0.2, 0.25) is 0 Å². The molecule has 0 aromatic carbocycles. The molecule has 1 rings (SSSR count). The quantitative estimate of drug-likeness (QED) is 0.469. The largest absolute Gasteiger partial charge is 0.299 e. The second-order valence-electron chi connectivity index (χ2n) is 3.51. The molecule has 0 N–H and O–H groups in total. The van der Waals surface area contributed by atoms with Gasteiger partial charge in [0.15, 0.2) is 0 Å². The number of Topliss-reactive ketones (excluding diaryl/α,β-unsaturated/α-hetero) is 1. The van der Waals surface area contributed by atoms with Gasteiger partial charge in [0.05, 0.1) is 0 Å². The normalized spacial score (nSPS) is 25.0. The molecule has 0 atom stereocenters. The van der Waals surface area contributed by atoms with Gasteiger partial charge >= 0.3 is 0 Å². The highest BCUT2D eigenvalue weighted by atomic mass is 16.1. The van der Waals surface area contributed by atoms with E-state index in [0.29, 0.717) is 5.78 Å². The minimum Gasteiger partial charge on any atom is -0.299 e. The Bertz CT molecular complexity index is 159. The van der Waals surface area contributed by atoms with Crippen molar-refractivity contribution in [2.45, 2.75) is 33.1 Å². The molecular formula is C9H14O. The van der Waals surface area contributed by atoms with E-state index in [1.807, 2.05) is 13.8 Å². The summed E-state index contributed by atoms with van der Waals surface area (Å²) in [6.07, 6.45) is 2.77. The van der Waals surface area contributed by atoms with Crippen LogP contribution in [0.4, 0.5) is 0 Å².